The molecule has 4 N–H and O–H groups in total. The van der Waals surface area contributed by atoms with Crippen LogP contribution in [-0.4, -0.2) is 34.7 Å². The number of hydrogen-bond acceptors (Lipinski definition) is 6. The van der Waals surface area contributed by atoms with Gasteiger partial charge in [-0.25, -0.2) is 4.98 Å². The summed E-state index contributed by atoms with van der Waals surface area (Å²) < 4.78 is 5.53. The molecule has 27 heavy (non-hydrogen) atoms. The number of carboxylic acids is 1. The summed E-state index contributed by atoms with van der Waals surface area (Å²) in [4.78, 5) is 19.5. The normalized spacial score (nSPS) is 10.6. The van der Waals surface area contributed by atoms with Crippen molar-refractivity contribution in [3.05, 3.63) is 40.6 Å². The van der Waals surface area contributed by atoms with Gasteiger partial charge in [-0.3, -0.25) is 4.79 Å². The Hall–Kier alpha value is -2.83. The number of benzene rings is 1. The van der Waals surface area contributed by atoms with Crippen LogP contribution in [0.15, 0.2) is 18.2 Å². The molecule has 0 unspecified atom stereocenters. The number of nitrogens with two attached hydrogens (primary N) is 1. The molecule has 0 bridgehead atoms. The first kappa shape index (κ1) is 20.5. The third-order valence-electron chi connectivity index (χ3n) is 4.40. The lowest BCUT2D eigenvalue weighted by molar-refractivity contribution is -0.136. The fourth-order valence-electron chi connectivity index (χ4n) is 2.89. The molecule has 146 valence electrons. The van der Waals surface area contributed by atoms with Crippen molar-refractivity contribution in [3.8, 4) is 5.75 Å². The molecule has 2 rings (SSSR count). The van der Waals surface area contributed by atoms with Crippen molar-refractivity contribution < 1.29 is 14.6 Å². The molecule has 0 aliphatic heterocycles. The van der Waals surface area contributed by atoms with E-state index >= 15 is 0 Å². The highest BCUT2D eigenvalue weighted by molar-refractivity contribution is 5.67. The van der Waals surface area contributed by atoms with Crippen molar-refractivity contribution in [1.29, 1.82) is 0 Å². The van der Waals surface area contributed by atoms with Crippen LogP contribution in [0.25, 0.3) is 0 Å². The number of carboxylic acid groups (broad SMARTS) is 1. The largest absolute Gasteiger partial charge is 0.496 e. The highest BCUT2D eigenvalue weighted by Gasteiger charge is 2.14. The molecule has 0 saturated carbocycles. The number of nitrogen functional groups attached to an aromatic ring is 1. The number of methoxy groups -OCH3 is 1. The average molecular weight is 372 g/mol. The second-order valence-corrected chi connectivity index (χ2v) is 6.49. The van der Waals surface area contributed by atoms with Crippen molar-refractivity contribution in [2.45, 2.75) is 46.0 Å². The van der Waals surface area contributed by atoms with Crippen LogP contribution in [0, 0.1) is 6.92 Å². The summed E-state index contributed by atoms with van der Waals surface area (Å²) >= 11 is 0. The SMILES string of the molecule is CCCCNc1nc(N)nc(C)c1Cc1ccc(CCC(=O)O)cc1OC. The Morgan fingerprint density at radius 1 is 1.33 bits per heavy atom. The minimum Gasteiger partial charge on any atom is -0.496 e. The third-order valence-corrected chi connectivity index (χ3v) is 4.40. The quantitative estimate of drug-likeness (QED) is 0.549. The highest BCUT2D eigenvalue weighted by atomic mass is 16.5. The number of nitrogens with one attached hydrogen (secondary N) is 1. The van der Waals surface area contributed by atoms with Gasteiger partial charge in [-0.1, -0.05) is 25.5 Å². The monoisotopic (exact) mass is 372 g/mol. The number of carbonyl (C=O) groups is 1. The van der Waals surface area contributed by atoms with Crippen molar-refractivity contribution in [2.24, 2.45) is 0 Å². The van der Waals surface area contributed by atoms with E-state index in [0.717, 1.165) is 53.3 Å². The minimum absolute atomic E-state index is 0.0961. The van der Waals surface area contributed by atoms with E-state index in [0.29, 0.717) is 12.8 Å². The number of ether oxygens (including phenoxy) is 1. The Kier molecular flexibility index (Phi) is 7.40. The molecule has 0 spiro atoms. The van der Waals surface area contributed by atoms with Crippen LogP contribution in [0.3, 0.4) is 0 Å². The summed E-state index contributed by atoms with van der Waals surface area (Å²) in [5, 5.41) is 12.2. The first-order valence-corrected chi connectivity index (χ1v) is 9.19. The summed E-state index contributed by atoms with van der Waals surface area (Å²) in [7, 11) is 1.62. The smallest absolute Gasteiger partial charge is 0.303 e. The summed E-state index contributed by atoms with van der Waals surface area (Å²) in [5.74, 6) is 0.931. The lowest BCUT2D eigenvalue weighted by Crippen LogP contribution is -2.11. The Balaban J connectivity index is 2.28. The molecule has 7 heteroatoms. The van der Waals surface area contributed by atoms with E-state index in [4.69, 9.17) is 15.6 Å². The molecule has 0 fully saturated rings. The molecule has 1 aromatic carbocycles. The lowest BCUT2D eigenvalue weighted by atomic mass is 10.00. The van der Waals surface area contributed by atoms with Gasteiger partial charge in [-0.15, -0.1) is 0 Å². The van der Waals surface area contributed by atoms with Crippen LogP contribution in [0.1, 0.15) is 48.6 Å². The molecule has 0 aliphatic carbocycles. The zero-order valence-electron chi connectivity index (χ0n) is 16.2. The van der Waals surface area contributed by atoms with Crippen LogP contribution >= 0.6 is 0 Å². The number of unbranched alkanes of at least 4 members (excludes halogenated alkanes) is 1. The number of aryl methyl sites for hydroxylation is 2. The van der Waals surface area contributed by atoms with Gasteiger partial charge in [-0.05, 0) is 37.0 Å². The van der Waals surface area contributed by atoms with Gasteiger partial charge in [0.2, 0.25) is 5.95 Å². The third kappa shape index (κ3) is 5.84. The molecule has 0 atom stereocenters. The van der Waals surface area contributed by atoms with Gasteiger partial charge in [0.05, 0.1) is 7.11 Å². The van der Waals surface area contributed by atoms with Crippen LogP contribution in [0.2, 0.25) is 0 Å². The van der Waals surface area contributed by atoms with E-state index in [2.05, 4.69) is 22.2 Å². The van der Waals surface area contributed by atoms with Gasteiger partial charge >= 0.3 is 5.97 Å². The molecular formula is C20H28N4O3. The molecule has 0 radical (unpaired) electrons. The van der Waals surface area contributed by atoms with Gasteiger partial charge < -0.3 is 20.9 Å². The molecule has 2 aromatic rings. The Bertz CT molecular complexity index is 793. The maximum atomic E-state index is 10.8. The summed E-state index contributed by atoms with van der Waals surface area (Å²) in [6.07, 6.45) is 3.30. The van der Waals surface area contributed by atoms with Gasteiger partial charge in [-0.2, -0.15) is 4.98 Å². The van der Waals surface area contributed by atoms with Gasteiger partial charge in [0.15, 0.2) is 0 Å². The maximum Gasteiger partial charge on any atom is 0.303 e. The molecule has 1 aromatic heterocycles. The summed E-state index contributed by atoms with van der Waals surface area (Å²) in [6, 6.07) is 5.82. The van der Waals surface area contributed by atoms with Crippen molar-refractivity contribution in [1.82, 2.24) is 9.97 Å². The zero-order chi connectivity index (χ0) is 19.8. The lowest BCUT2D eigenvalue weighted by Gasteiger charge is -2.16. The number of nitrogens with zero attached hydrogens (tertiary/aromatic N) is 2. The van der Waals surface area contributed by atoms with E-state index in [1.165, 1.54) is 0 Å². The number of rotatable bonds is 10. The number of aromatic nitrogens is 2. The Morgan fingerprint density at radius 3 is 2.78 bits per heavy atom. The van der Waals surface area contributed by atoms with Gasteiger partial charge in [0.1, 0.15) is 11.6 Å². The Morgan fingerprint density at radius 2 is 2.11 bits per heavy atom. The van der Waals surface area contributed by atoms with Crippen LogP contribution in [0.5, 0.6) is 5.75 Å². The van der Waals surface area contributed by atoms with Crippen molar-refractivity contribution >= 4 is 17.7 Å². The molecule has 0 amide bonds. The van der Waals surface area contributed by atoms with Gasteiger partial charge in [0.25, 0.3) is 0 Å². The maximum absolute atomic E-state index is 10.8. The molecule has 0 aliphatic rings. The second kappa shape index (κ2) is 9.75. The highest BCUT2D eigenvalue weighted by Crippen LogP contribution is 2.28. The fraction of sp³-hybridized carbons (Fsp3) is 0.450. The zero-order valence-corrected chi connectivity index (χ0v) is 16.2. The standard InChI is InChI=1S/C20H28N4O3/c1-4-5-10-22-19-16(13(2)23-20(21)24-19)12-15-8-6-14(7-9-18(25)26)11-17(15)27-3/h6,8,11H,4-5,7,9-10,12H2,1-3H3,(H,25,26)(H3,21,22,23,24). The average Bonchev–Trinajstić information content (AvgIpc) is 2.63. The first-order valence-electron chi connectivity index (χ1n) is 9.19. The van der Waals surface area contributed by atoms with E-state index in [9.17, 15) is 4.79 Å². The number of hydrogen-bond donors (Lipinski definition) is 3. The predicted molar refractivity (Wildman–Crippen MR) is 106 cm³/mol. The predicted octanol–water partition coefficient (Wildman–Crippen LogP) is 3.20. The van der Waals surface area contributed by atoms with E-state index in [-0.39, 0.29) is 12.4 Å². The van der Waals surface area contributed by atoms with Crippen molar-refractivity contribution in [2.75, 3.05) is 24.7 Å². The summed E-state index contributed by atoms with van der Waals surface area (Å²) in [6.45, 7) is 4.88. The van der Waals surface area contributed by atoms with E-state index in [1.807, 2.05) is 25.1 Å². The minimum atomic E-state index is -0.810. The molecule has 1 heterocycles. The number of aliphatic carboxylic acids is 1. The fourth-order valence-corrected chi connectivity index (χ4v) is 2.89. The van der Waals surface area contributed by atoms with Gasteiger partial charge in [0, 0.05) is 30.6 Å². The Labute approximate surface area is 160 Å². The summed E-state index contributed by atoms with van der Waals surface area (Å²) in [5.41, 5.74) is 9.57. The number of anilines is 2. The van der Waals surface area contributed by atoms with Crippen LogP contribution in [-0.2, 0) is 17.6 Å². The molecule has 0 saturated heterocycles. The molecular weight excluding hydrogens is 344 g/mol. The molecule has 7 nitrogen and oxygen atoms in total. The van der Waals surface area contributed by atoms with Crippen LogP contribution in [0.4, 0.5) is 11.8 Å². The first-order chi connectivity index (χ1) is 12.9. The second-order valence-electron chi connectivity index (χ2n) is 6.49. The topological polar surface area (TPSA) is 110 Å². The van der Waals surface area contributed by atoms with Crippen LogP contribution < -0.4 is 15.8 Å². The van der Waals surface area contributed by atoms with Crippen molar-refractivity contribution in [3.63, 3.8) is 0 Å². The van der Waals surface area contributed by atoms with E-state index < -0.39 is 5.97 Å². The van der Waals surface area contributed by atoms with E-state index in [1.54, 1.807) is 7.11 Å².